The summed E-state index contributed by atoms with van der Waals surface area (Å²) in [5, 5.41) is 11.5. The van der Waals surface area contributed by atoms with Crippen molar-refractivity contribution in [1.29, 1.82) is 0 Å². The van der Waals surface area contributed by atoms with Crippen molar-refractivity contribution in [3.8, 4) is 0 Å². The van der Waals surface area contributed by atoms with Crippen LogP contribution < -0.4 is 5.11 Å². The number of nitrogens with zero attached hydrogens (tertiary/aromatic N) is 1. The van der Waals surface area contributed by atoms with Gasteiger partial charge in [-0.05, 0) is 32.1 Å². The number of esters is 2. The summed E-state index contributed by atoms with van der Waals surface area (Å²) >= 11 is 0. The van der Waals surface area contributed by atoms with Crippen LogP contribution in [-0.4, -0.2) is 75.5 Å². The fourth-order valence-electron chi connectivity index (χ4n) is 5.04. The Hall–Kier alpha value is -2.97. The molecule has 0 spiro atoms. The van der Waals surface area contributed by atoms with Crippen molar-refractivity contribution in [2.24, 2.45) is 0 Å². The van der Waals surface area contributed by atoms with Crippen molar-refractivity contribution in [1.82, 2.24) is 0 Å². The van der Waals surface area contributed by atoms with E-state index in [9.17, 15) is 19.5 Å². The number of carbonyl (C=O) groups excluding carboxylic acids is 3. The Bertz CT molecular complexity index is 990. The van der Waals surface area contributed by atoms with E-state index in [1.54, 1.807) is 21.1 Å². The number of aliphatic carboxylic acids is 1. The summed E-state index contributed by atoms with van der Waals surface area (Å²) in [7, 11) is 5.37. The number of unbranched alkanes of at least 4 members (excludes halogenated alkanes) is 12. The first-order chi connectivity index (χ1) is 23.6. The van der Waals surface area contributed by atoms with Gasteiger partial charge in [-0.25, -0.2) is 0 Å². The van der Waals surface area contributed by atoms with Gasteiger partial charge >= 0.3 is 11.9 Å². The first-order valence-electron chi connectivity index (χ1n) is 18.9. The van der Waals surface area contributed by atoms with Crippen molar-refractivity contribution in [3.05, 3.63) is 60.8 Å². The quantitative estimate of drug-likeness (QED) is 0.0305. The fourth-order valence-corrected chi connectivity index (χ4v) is 5.04. The highest BCUT2D eigenvalue weighted by Crippen LogP contribution is 2.12. The lowest BCUT2D eigenvalue weighted by molar-refractivity contribution is -0.889. The van der Waals surface area contributed by atoms with Gasteiger partial charge in [-0.15, -0.1) is 0 Å². The van der Waals surface area contributed by atoms with E-state index in [1.807, 2.05) is 36.5 Å². The second-order valence-electron chi connectivity index (χ2n) is 13.6. The molecule has 0 radical (unpaired) electrons. The predicted octanol–water partition coefficient (Wildman–Crippen LogP) is 8.13. The molecule has 0 aliphatic carbocycles. The first-order valence-corrected chi connectivity index (χ1v) is 18.9. The lowest BCUT2D eigenvalue weighted by atomic mass is 10.1. The maximum absolute atomic E-state index is 12.5. The van der Waals surface area contributed by atoms with Crippen LogP contribution in [0.15, 0.2) is 60.8 Å². The van der Waals surface area contributed by atoms with Crippen molar-refractivity contribution < 1.29 is 38.2 Å². The molecule has 280 valence electrons. The van der Waals surface area contributed by atoms with Crippen molar-refractivity contribution in [3.63, 3.8) is 0 Å². The molecule has 8 heteroatoms. The average Bonchev–Trinajstić information content (AvgIpc) is 3.05. The van der Waals surface area contributed by atoms with E-state index >= 15 is 0 Å². The molecule has 0 fully saturated rings. The highest BCUT2D eigenvalue weighted by atomic mass is 16.6. The smallest absolute Gasteiger partial charge is 0.306 e. The summed E-state index contributed by atoms with van der Waals surface area (Å²) in [5.41, 5.74) is 0. The van der Waals surface area contributed by atoms with Gasteiger partial charge in [0.15, 0.2) is 6.10 Å². The highest BCUT2D eigenvalue weighted by molar-refractivity contribution is 5.70. The van der Waals surface area contributed by atoms with Crippen LogP contribution in [-0.2, 0) is 28.6 Å². The standard InChI is InChI=1S/C41H69NO7/c1-6-8-10-12-14-15-16-17-18-19-20-21-22-23-24-26-27-29-31-39(43)48-36-37(35-47-34-33-38(41(45)46)42(3,4)5)49-40(44)32-30-28-25-13-11-9-7-2/h10,12,14-21,37-38H,6-9,11,13,22-36H2,1-5H3/b12-10+,15-14+,17-16+,19-18+,21-20+. The van der Waals surface area contributed by atoms with Gasteiger partial charge in [-0.1, -0.05) is 139 Å². The second-order valence-corrected chi connectivity index (χ2v) is 13.6. The largest absolute Gasteiger partial charge is 0.544 e. The molecule has 0 rings (SSSR count). The SMILES string of the molecule is CCC/C=C/C=C/C=C/C=C/C=C/CCCCCCCC(=O)OCC(COCCC(C(=O)[O-])[N+](C)(C)C)OC(=O)CCCCCCCCC. The summed E-state index contributed by atoms with van der Waals surface area (Å²) in [4.78, 5) is 36.5. The van der Waals surface area contributed by atoms with Gasteiger partial charge in [0.05, 0.1) is 40.3 Å². The van der Waals surface area contributed by atoms with Crippen LogP contribution in [0.1, 0.15) is 129 Å². The van der Waals surface area contributed by atoms with Crippen LogP contribution in [0.2, 0.25) is 0 Å². The number of hydrogen-bond donors (Lipinski definition) is 0. The molecule has 0 aromatic heterocycles. The van der Waals surface area contributed by atoms with Crippen LogP contribution in [0, 0.1) is 0 Å². The Morgan fingerprint density at radius 2 is 1.12 bits per heavy atom. The van der Waals surface area contributed by atoms with Gasteiger partial charge in [-0.3, -0.25) is 9.59 Å². The predicted molar refractivity (Wildman–Crippen MR) is 199 cm³/mol. The maximum Gasteiger partial charge on any atom is 0.306 e. The van der Waals surface area contributed by atoms with Crippen LogP contribution in [0.4, 0.5) is 0 Å². The molecule has 0 aromatic rings. The lowest BCUT2D eigenvalue weighted by Crippen LogP contribution is -2.55. The zero-order valence-corrected chi connectivity index (χ0v) is 31.6. The maximum atomic E-state index is 12.5. The average molecular weight is 688 g/mol. The Kier molecular flexibility index (Phi) is 30.3. The molecule has 2 atom stereocenters. The van der Waals surface area contributed by atoms with E-state index in [0.29, 0.717) is 12.8 Å². The zero-order valence-electron chi connectivity index (χ0n) is 31.6. The van der Waals surface area contributed by atoms with Gasteiger partial charge in [0, 0.05) is 19.3 Å². The van der Waals surface area contributed by atoms with Crippen molar-refractivity contribution >= 4 is 17.9 Å². The summed E-state index contributed by atoms with van der Waals surface area (Å²) in [5.74, 6) is -1.79. The summed E-state index contributed by atoms with van der Waals surface area (Å²) in [6.45, 7) is 4.47. The first kappa shape index (κ1) is 46.0. The van der Waals surface area contributed by atoms with Crippen molar-refractivity contribution in [2.75, 3.05) is 41.0 Å². The molecule has 0 saturated heterocycles. The second kappa shape index (κ2) is 32.2. The molecule has 2 unspecified atom stereocenters. The minimum absolute atomic E-state index is 0.0300. The van der Waals surface area contributed by atoms with Gasteiger partial charge in [-0.2, -0.15) is 0 Å². The van der Waals surface area contributed by atoms with E-state index in [0.717, 1.165) is 64.2 Å². The number of allylic oxidation sites excluding steroid dienone is 10. The van der Waals surface area contributed by atoms with Gasteiger partial charge < -0.3 is 28.6 Å². The molecule has 0 bridgehead atoms. The number of ether oxygens (including phenoxy) is 3. The summed E-state index contributed by atoms with van der Waals surface area (Å²) in [6, 6.07) is -0.729. The molecule has 0 aliphatic heterocycles. The van der Waals surface area contributed by atoms with E-state index in [1.165, 1.54) is 32.1 Å². The Morgan fingerprint density at radius 3 is 1.67 bits per heavy atom. The molecule has 8 nitrogen and oxygen atoms in total. The van der Waals surface area contributed by atoms with E-state index < -0.39 is 18.1 Å². The Balaban J connectivity index is 4.39. The van der Waals surface area contributed by atoms with Crippen LogP contribution in [0.5, 0.6) is 0 Å². The van der Waals surface area contributed by atoms with Gasteiger partial charge in [0.25, 0.3) is 0 Å². The molecule has 0 aromatic carbocycles. The number of hydrogen-bond acceptors (Lipinski definition) is 7. The number of carboxylic acid groups (broad SMARTS) is 1. The topological polar surface area (TPSA) is 102 Å². The molecular formula is C41H69NO7. The Labute approximate surface area is 298 Å². The number of quaternary nitrogens is 1. The summed E-state index contributed by atoms with van der Waals surface area (Å²) in [6.07, 6.45) is 36.8. The van der Waals surface area contributed by atoms with Crippen LogP contribution >= 0.6 is 0 Å². The number of carboxylic acids is 1. The molecule has 0 amide bonds. The fraction of sp³-hybridized carbons (Fsp3) is 0.683. The normalized spacial score (nSPS) is 13.7. The molecule has 0 N–H and O–H groups in total. The van der Waals surface area contributed by atoms with E-state index in [2.05, 4.69) is 38.2 Å². The van der Waals surface area contributed by atoms with Gasteiger partial charge in [0.2, 0.25) is 0 Å². The third-order valence-electron chi connectivity index (χ3n) is 8.02. The molecule has 0 saturated carbocycles. The van der Waals surface area contributed by atoms with Crippen LogP contribution in [0.25, 0.3) is 0 Å². The van der Waals surface area contributed by atoms with Gasteiger partial charge in [0.1, 0.15) is 12.6 Å². The number of rotatable bonds is 32. The van der Waals surface area contributed by atoms with Crippen molar-refractivity contribution in [2.45, 2.75) is 142 Å². The molecule has 0 aliphatic rings. The third-order valence-corrected chi connectivity index (χ3v) is 8.02. The lowest BCUT2D eigenvalue weighted by Gasteiger charge is -2.34. The van der Waals surface area contributed by atoms with E-state index in [-0.39, 0.29) is 42.7 Å². The summed E-state index contributed by atoms with van der Waals surface area (Å²) < 4.78 is 17.0. The molecular weight excluding hydrogens is 618 g/mol. The number of carbonyl (C=O) groups is 3. The highest BCUT2D eigenvalue weighted by Gasteiger charge is 2.25. The Morgan fingerprint density at radius 1 is 0.612 bits per heavy atom. The van der Waals surface area contributed by atoms with E-state index in [4.69, 9.17) is 14.2 Å². The van der Waals surface area contributed by atoms with Crippen LogP contribution in [0.3, 0.4) is 0 Å². The minimum atomic E-state index is -1.13. The molecule has 0 heterocycles. The number of likely N-dealkylation sites (N-methyl/N-ethyl adjacent to an activating group) is 1. The monoisotopic (exact) mass is 688 g/mol. The third kappa shape index (κ3) is 30.8. The minimum Gasteiger partial charge on any atom is -0.544 e. The zero-order chi connectivity index (χ0) is 36.4. The molecule has 49 heavy (non-hydrogen) atoms.